The van der Waals surface area contributed by atoms with E-state index in [0.717, 1.165) is 6.21 Å². The number of nitrogens with one attached hydrogen (secondary N) is 1. The molecule has 0 aromatic heterocycles. The number of benzene rings is 2. The minimum absolute atomic E-state index is 0.178. The molecule has 0 radical (unpaired) electrons. The van der Waals surface area contributed by atoms with Gasteiger partial charge in [-0.2, -0.15) is 5.10 Å². The van der Waals surface area contributed by atoms with Gasteiger partial charge >= 0.3 is 0 Å². The Bertz CT molecular complexity index is 842. The van der Waals surface area contributed by atoms with E-state index in [-0.39, 0.29) is 11.3 Å². The third kappa shape index (κ3) is 3.57. The quantitative estimate of drug-likeness (QED) is 0.216. The molecular formula is C15H10F5N3O2. The standard InChI is InChI=1S/C15H10F5N3O2/c1-2-8-4-3-7(5-9(8)23(24)25)6-21-22-15-13(19)11(17)10(16)12(18)14(15)20/h3-6,22H,2H2,1H3/b21-6-. The number of nitro groups is 1. The Labute approximate surface area is 137 Å². The summed E-state index contributed by atoms with van der Waals surface area (Å²) in [6.45, 7) is 1.72. The largest absolute Gasteiger partial charge is 0.273 e. The Kier molecular flexibility index (Phi) is 5.30. The maximum atomic E-state index is 13.5. The molecule has 0 atom stereocenters. The predicted molar refractivity (Wildman–Crippen MR) is 79.9 cm³/mol. The summed E-state index contributed by atoms with van der Waals surface area (Å²) in [5, 5.41) is 14.3. The highest BCUT2D eigenvalue weighted by atomic mass is 19.2. The number of nitro benzene ring substituents is 1. The lowest BCUT2D eigenvalue weighted by Crippen LogP contribution is -2.06. The topological polar surface area (TPSA) is 67.5 Å². The second-order valence-electron chi connectivity index (χ2n) is 4.81. The van der Waals surface area contributed by atoms with E-state index in [1.807, 2.05) is 0 Å². The third-order valence-electron chi connectivity index (χ3n) is 3.29. The van der Waals surface area contributed by atoms with Crippen LogP contribution in [0.25, 0.3) is 0 Å². The predicted octanol–water partition coefficient (Wildman–Crippen LogP) is 4.30. The van der Waals surface area contributed by atoms with Crippen LogP contribution in [-0.2, 0) is 6.42 Å². The van der Waals surface area contributed by atoms with Crippen molar-refractivity contribution in [1.82, 2.24) is 0 Å². The van der Waals surface area contributed by atoms with E-state index in [2.05, 4.69) is 5.10 Å². The van der Waals surface area contributed by atoms with Crippen LogP contribution in [0, 0.1) is 39.2 Å². The van der Waals surface area contributed by atoms with Gasteiger partial charge in [0.05, 0.1) is 11.1 Å². The van der Waals surface area contributed by atoms with E-state index in [1.165, 1.54) is 18.2 Å². The smallest absolute Gasteiger partial charge is 0.272 e. The Morgan fingerprint density at radius 3 is 2.16 bits per heavy atom. The minimum atomic E-state index is -2.28. The molecule has 0 amide bonds. The van der Waals surface area contributed by atoms with Crippen molar-refractivity contribution in [2.75, 3.05) is 5.43 Å². The van der Waals surface area contributed by atoms with Crippen LogP contribution in [0.4, 0.5) is 33.3 Å². The van der Waals surface area contributed by atoms with E-state index in [4.69, 9.17) is 0 Å². The summed E-state index contributed by atoms with van der Waals surface area (Å²) in [7, 11) is 0. The first-order valence-corrected chi connectivity index (χ1v) is 6.85. The number of rotatable bonds is 5. The molecule has 25 heavy (non-hydrogen) atoms. The van der Waals surface area contributed by atoms with Gasteiger partial charge in [-0.15, -0.1) is 0 Å². The van der Waals surface area contributed by atoms with Gasteiger partial charge in [0, 0.05) is 17.2 Å². The van der Waals surface area contributed by atoms with Crippen LogP contribution in [-0.4, -0.2) is 11.1 Å². The zero-order valence-electron chi connectivity index (χ0n) is 12.6. The van der Waals surface area contributed by atoms with Crippen molar-refractivity contribution in [3.63, 3.8) is 0 Å². The molecule has 5 nitrogen and oxygen atoms in total. The summed E-state index contributed by atoms with van der Waals surface area (Å²) >= 11 is 0. The van der Waals surface area contributed by atoms with Gasteiger partial charge < -0.3 is 0 Å². The molecule has 10 heteroatoms. The molecule has 0 saturated heterocycles. The summed E-state index contributed by atoms with van der Waals surface area (Å²) in [6.07, 6.45) is 1.36. The van der Waals surface area contributed by atoms with E-state index in [1.54, 1.807) is 12.3 Å². The lowest BCUT2D eigenvalue weighted by molar-refractivity contribution is -0.385. The molecule has 0 aliphatic carbocycles. The number of anilines is 1. The van der Waals surface area contributed by atoms with Crippen molar-refractivity contribution in [2.24, 2.45) is 5.10 Å². The number of aryl methyl sites for hydroxylation is 1. The first-order chi connectivity index (χ1) is 11.8. The molecule has 0 aliphatic rings. The maximum absolute atomic E-state index is 13.5. The first-order valence-electron chi connectivity index (χ1n) is 6.85. The zero-order chi connectivity index (χ0) is 18.7. The Morgan fingerprint density at radius 2 is 1.64 bits per heavy atom. The van der Waals surface area contributed by atoms with Crippen LogP contribution in [0.2, 0.25) is 0 Å². The van der Waals surface area contributed by atoms with E-state index in [9.17, 15) is 32.1 Å². The SMILES string of the molecule is CCc1ccc(/C=N\Nc2c(F)c(F)c(F)c(F)c2F)cc1[N+](=O)[O-]. The van der Waals surface area contributed by atoms with Crippen molar-refractivity contribution in [3.05, 3.63) is 68.5 Å². The summed E-state index contributed by atoms with van der Waals surface area (Å²) < 4.78 is 65.9. The Balaban J connectivity index is 2.31. The Morgan fingerprint density at radius 1 is 1.08 bits per heavy atom. The highest BCUT2D eigenvalue weighted by Gasteiger charge is 2.25. The molecule has 0 fully saturated rings. The van der Waals surface area contributed by atoms with Gasteiger partial charge in [-0.05, 0) is 6.42 Å². The van der Waals surface area contributed by atoms with E-state index < -0.39 is 39.7 Å². The van der Waals surface area contributed by atoms with Gasteiger partial charge in [0.25, 0.3) is 5.69 Å². The highest BCUT2D eigenvalue weighted by Crippen LogP contribution is 2.27. The molecule has 132 valence electrons. The fourth-order valence-electron chi connectivity index (χ4n) is 2.00. The lowest BCUT2D eigenvalue weighted by Gasteiger charge is -2.07. The fourth-order valence-corrected chi connectivity index (χ4v) is 2.00. The minimum Gasteiger partial charge on any atom is -0.272 e. The second-order valence-corrected chi connectivity index (χ2v) is 4.81. The zero-order valence-corrected chi connectivity index (χ0v) is 12.6. The van der Waals surface area contributed by atoms with Crippen LogP contribution in [0.15, 0.2) is 23.3 Å². The molecule has 2 aromatic carbocycles. The van der Waals surface area contributed by atoms with Gasteiger partial charge in [0.1, 0.15) is 5.69 Å². The number of hydrogen-bond donors (Lipinski definition) is 1. The first kappa shape index (κ1) is 18.3. The average Bonchev–Trinajstić information content (AvgIpc) is 2.61. The van der Waals surface area contributed by atoms with Gasteiger partial charge in [0.2, 0.25) is 5.82 Å². The van der Waals surface area contributed by atoms with Crippen LogP contribution in [0.5, 0.6) is 0 Å². The average molecular weight is 359 g/mol. The van der Waals surface area contributed by atoms with Gasteiger partial charge in [-0.25, -0.2) is 22.0 Å². The van der Waals surface area contributed by atoms with Gasteiger partial charge in [-0.3, -0.25) is 15.5 Å². The van der Waals surface area contributed by atoms with Crippen molar-refractivity contribution in [1.29, 1.82) is 0 Å². The van der Waals surface area contributed by atoms with E-state index in [0.29, 0.717) is 12.0 Å². The van der Waals surface area contributed by atoms with E-state index >= 15 is 0 Å². The molecular weight excluding hydrogens is 349 g/mol. The molecule has 2 rings (SSSR count). The number of hydrazone groups is 1. The van der Waals surface area contributed by atoms with Crippen molar-refractivity contribution < 1.29 is 26.9 Å². The maximum Gasteiger partial charge on any atom is 0.273 e. The van der Waals surface area contributed by atoms with Crippen LogP contribution >= 0.6 is 0 Å². The van der Waals surface area contributed by atoms with Crippen molar-refractivity contribution in [3.8, 4) is 0 Å². The number of nitrogens with zero attached hydrogens (tertiary/aromatic N) is 2. The second kappa shape index (κ2) is 7.24. The molecule has 0 saturated carbocycles. The molecule has 0 bridgehead atoms. The summed E-state index contributed by atoms with van der Waals surface area (Å²) in [5.41, 5.74) is 0.876. The normalized spacial score (nSPS) is 11.1. The Hall–Kier alpha value is -3.04. The third-order valence-corrected chi connectivity index (χ3v) is 3.29. The monoisotopic (exact) mass is 359 g/mol. The number of hydrogen-bond acceptors (Lipinski definition) is 4. The molecule has 0 unspecified atom stereocenters. The summed E-state index contributed by atoms with van der Waals surface area (Å²) in [6, 6.07) is 4.09. The van der Waals surface area contributed by atoms with Crippen molar-refractivity contribution >= 4 is 17.6 Å². The lowest BCUT2D eigenvalue weighted by atomic mass is 10.1. The highest BCUT2D eigenvalue weighted by molar-refractivity contribution is 5.81. The van der Waals surface area contributed by atoms with Crippen LogP contribution in [0.1, 0.15) is 18.1 Å². The van der Waals surface area contributed by atoms with Gasteiger partial charge in [-0.1, -0.05) is 19.1 Å². The fraction of sp³-hybridized carbons (Fsp3) is 0.133. The van der Waals surface area contributed by atoms with Crippen LogP contribution in [0.3, 0.4) is 0 Å². The van der Waals surface area contributed by atoms with Crippen molar-refractivity contribution in [2.45, 2.75) is 13.3 Å². The number of halogens is 5. The molecule has 0 spiro atoms. The summed E-state index contributed by atoms with van der Waals surface area (Å²) in [5.74, 6) is -10.6. The summed E-state index contributed by atoms with van der Waals surface area (Å²) in [4.78, 5) is 10.3. The molecule has 0 aliphatic heterocycles. The molecule has 1 N–H and O–H groups in total. The molecule has 0 heterocycles. The molecule has 2 aromatic rings. The van der Waals surface area contributed by atoms with Crippen LogP contribution < -0.4 is 5.43 Å². The van der Waals surface area contributed by atoms with Gasteiger partial charge in [0.15, 0.2) is 23.3 Å².